The summed E-state index contributed by atoms with van der Waals surface area (Å²) >= 11 is 2.79. The Hall–Kier alpha value is -2.51. The first-order valence-corrected chi connectivity index (χ1v) is 10.2. The van der Waals surface area contributed by atoms with Crippen molar-refractivity contribution in [3.8, 4) is 0 Å². The number of benzene rings is 1. The smallest absolute Gasteiger partial charge is 0.338 e. The second kappa shape index (κ2) is 8.92. The Balaban J connectivity index is 1.66. The van der Waals surface area contributed by atoms with Gasteiger partial charge < -0.3 is 4.74 Å². The molecule has 0 unspecified atom stereocenters. The van der Waals surface area contributed by atoms with Crippen molar-refractivity contribution in [1.82, 2.24) is 9.97 Å². The van der Waals surface area contributed by atoms with Gasteiger partial charge in [0.2, 0.25) is 5.78 Å². The van der Waals surface area contributed by atoms with E-state index in [0.717, 1.165) is 17.0 Å². The highest BCUT2D eigenvalue weighted by molar-refractivity contribution is 7.98. The lowest BCUT2D eigenvalue weighted by atomic mass is 10.1. The van der Waals surface area contributed by atoms with E-state index in [1.807, 2.05) is 37.4 Å². The van der Waals surface area contributed by atoms with Gasteiger partial charge in [-0.1, -0.05) is 36.0 Å². The van der Waals surface area contributed by atoms with Crippen LogP contribution in [0.2, 0.25) is 0 Å². The highest BCUT2D eigenvalue weighted by Gasteiger charge is 2.16. The lowest BCUT2D eigenvalue weighted by Gasteiger charge is -2.09. The average Bonchev–Trinajstić information content (AvgIpc) is 3.18. The van der Waals surface area contributed by atoms with Gasteiger partial charge in [-0.25, -0.2) is 14.8 Å². The van der Waals surface area contributed by atoms with Crippen LogP contribution in [0.15, 0.2) is 53.0 Å². The molecule has 27 heavy (non-hydrogen) atoms. The van der Waals surface area contributed by atoms with Crippen molar-refractivity contribution in [3.05, 3.63) is 75.2 Å². The third-order valence-electron chi connectivity index (χ3n) is 3.69. The number of rotatable bonds is 7. The molecule has 138 valence electrons. The van der Waals surface area contributed by atoms with Gasteiger partial charge in [0.15, 0.2) is 11.8 Å². The van der Waals surface area contributed by atoms with E-state index >= 15 is 0 Å². The number of ether oxygens (including phenoxy) is 1. The molecule has 0 bridgehead atoms. The first-order valence-electron chi connectivity index (χ1n) is 8.30. The van der Waals surface area contributed by atoms with Crippen LogP contribution in [0.25, 0.3) is 0 Å². The Labute approximate surface area is 165 Å². The predicted octanol–water partition coefficient (Wildman–Crippen LogP) is 4.49. The molecule has 0 radical (unpaired) electrons. The monoisotopic (exact) mass is 398 g/mol. The number of hydrogen-bond donors (Lipinski definition) is 0. The van der Waals surface area contributed by atoms with E-state index in [9.17, 15) is 9.59 Å². The number of carbonyl (C=O) groups excluding carboxylic acids is 2. The molecule has 3 aromatic rings. The fourth-order valence-corrected chi connectivity index (χ4v) is 4.07. The van der Waals surface area contributed by atoms with Crippen molar-refractivity contribution < 1.29 is 14.3 Å². The number of nitrogens with zero attached hydrogens (tertiary/aromatic N) is 2. The molecule has 0 aliphatic heterocycles. The average molecular weight is 399 g/mol. The Bertz CT molecular complexity index is 935. The molecule has 1 aromatic carbocycles. The number of aryl methyl sites for hydroxylation is 2. The molecule has 0 aliphatic carbocycles. The molecule has 0 amide bonds. The normalized spacial score (nSPS) is 10.6. The van der Waals surface area contributed by atoms with Crippen molar-refractivity contribution in [2.24, 2.45) is 0 Å². The molecule has 2 aromatic heterocycles. The second-order valence-electron chi connectivity index (χ2n) is 5.86. The Morgan fingerprint density at radius 2 is 1.81 bits per heavy atom. The fourth-order valence-electron chi connectivity index (χ4n) is 2.46. The van der Waals surface area contributed by atoms with Crippen LogP contribution in [0.1, 0.15) is 37.0 Å². The Kier molecular flexibility index (Phi) is 6.36. The number of thiophene rings is 1. The van der Waals surface area contributed by atoms with E-state index in [-0.39, 0.29) is 12.4 Å². The predicted molar refractivity (Wildman–Crippen MR) is 106 cm³/mol. The van der Waals surface area contributed by atoms with E-state index in [1.54, 1.807) is 24.3 Å². The van der Waals surface area contributed by atoms with Crippen LogP contribution >= 0.6 is 23.1 Å². The number of thioether (sulfide) groups is 1. The largest absolute Gasteiger partial charge is 0.454 e. The molecule has 0 saturated carbocycles. The topological polar surface area (TPSA) is 69.2 Å². The van der Waals surface area contributed by atoms with E-state index in [1.165, 1.54) is 23.1 Å². The minimum Gasteiger partial charge on any atom is -0.454 e. The van der Waals surface area contributed by atoms with Crippen molar-refractivity contribution in [2.45, 2.75) is 24.8 Å². The lowest BCUT2D eigenvalue weighted by Crippen LogP contribution is -2.14. The standard InChI is InChI=1S/C20H18N2O3S2/c1-13-10-14(2)22-20(21-13)27-12-15-6-3-4-7-16(15)19(24)25-11-17(23)18-8-5-9-26-18/h3-10H,11-12H2,1-2H3. The molecule has 0 saturated heterocycles. The van der Waals surface area contributed by atoms with Crippen LogP contribution in [0, 0.1) is 13.8 Å². The maximum Gasteiger partial charge on any atom is 0.338 e. The summed E-state index contributed by atoms with van der Waals surface area (Å²) in [7, 11) is 0. The number of hydrogen-bond acceptors (Lipinski definition) is 7. The zero-order valence-electron chi connectivity index (χ0n) is 15.0. The van der Waals surface area contributed by atoms with Gasteiger partial charge in [-0.05, 0) is 43.0 Å². The van der Waals surface area contributed by atoms with E-state index in [2.05, 4.69) is 9.97 Å². The highest BCUT2D eigenvalue weighted by atomic mass is 32.2. The maximum atomic E-state index is 12.4. The van der Waals surface area contributed by atoms with Gasteiger partial charge in [-0.3, -0.25) is 4.79 Å². The number of esters is 1. The summed E-state index contributed by atoms with van der Waals surface area (Å²) in [6.07, 6.45) is 0. The molecule has 5 nitrogen and oxygen atoms in total. The van der Waals surface area contributed by atoms with Gasteiger partial charge in [-0.2, -0.15) is 0 Å². The quantitative estimate of drug-likeness (QED) is 0.253. The summed E-state index contributed by atoms with van der Waals surface area (Å²) in [5.41, 5.74) is 3.08. The number of carbonyl (C=O) groups is 2. The van der Waals surface area contributed by atoms with Crippen LogP contribution in [0.5, 0.6) is 0 Å². The summed E-state index contributed by atoms with van der Waals surface area (Å²) in [6.45, 7) is 3.59. The maximum absolute atomic E-state index is 12.4. The molecule has 0 spiro atoms. The second-order valence-corrected chi connectivity index (χ2v) is 7.75. The van der Waals surface area contributed by atoms with Crippen LogP contribution in [0.4, 0.5) is 0 Å². The minimum absolute atomic E-state index is 0.200. The van der Waals surface area contributed by atoms with Crippen molar-refractivity contribution in [3.63, 3.8) is 0 Å². The van der Waals surface area contributed by atoms with Gasteiger partial charge in [-0.15, -0.1) is 11.3 Å². The van der Waals surface area contributed by atoms with Crippen LogP contribution in [-0.2, 0) is 10.5 Å². The molecule has 3 rings (SSSR count). The van der Waals surface area contributed by atoms with Crippen molar-refractivity contribution >= 4 is 34.9 Å². The molecular formula is C20H18N2O3S2. The lowest BCUT2D eigenvalue weighted by molar-refractivity contribution is 0.0475. The summed E-state index contributed by atoms with van der Waals surface area (Å²) in [5, 5.41) is 2.49. The van der Waals surface area contributed by atoms with Crippen LogP contribution in [0.3, 0.4) is 0 Å². The fraction of sp³-hybridized carbons (Fsp3) is 0.200. The first kappa shape index (κ1) is 19.3. The minimum atomic E-state index is -0.502. The van der Waals surface area contributed by atoms with Crippen molar-refractivity contribution in [2.75, 3.05) is 6.61 Å². The molecule has 0 atom stereocenters. The van der Waals surface area contributed by atoms with Gasteiger partial charge in [0.05, 0.1) is 10.4 Å². The summed E-state index contributed by atoms with van der Waals surface area (Å²) in [6, 6.07) is 12.6. The van der Waals surface area contributed by atoms with Crippen LogP contribution < -0.4 is 0 Å². The van der Waals surface area contributed by atoms with Crippen LogP contribution in [-0.4, -0.2) is 28.3 Å². The highest BCUT2D eigenvalue weighted by Crippen LogP contribution is 2.23. The number of Topliss-reactive ketones (excluding diaryl/α,β-unsaturated/α-hetero) is 1. The van der Waals surface area contributed by atoms with Gasteiger partial charge in [0, 0.05) is 17.1 Å². The van der Waals surface area contributed by atoms with Gasteiger partial charge in [0.25, 0.3) is 0 Å². The molecule has 0 aliphatic rings. The van der Waals surface area contributed by atoms with E-state index in [0.29, 0.717) is 21.3 Å². The first-order chi connectivity index (χ1) is 13.0. The summed E-state index contributed by atoms with van der Waals surface area (Å²) < 4.78 is 5.22. The Morgan fingerprint density at radius 1 is 1.07 bits per heavy atom. The van der Waals surface area contributed by atoms with E-state index < -0.39 is 5.97 Å². The molecular weight excluding hydrogens is 380 g/mol. The molecule has 2 heterocycles. The van der Waals surface area contributed by atoms with E-state index in [4.69, 9.17) is 4.74 Å². The van der Waals surface area contributed by atoms with Gasteiger partial charge >= 0.3 is 5.97 Å². The zero-order chi connectivity index (χ0) is 19.2. The Morgan fingerprint density at radius 3 is 2.52 bits per heavy atom. The summed E-state index contributed by atoms with van der Waals surface area (Å²) in [4.78, 5) is 33.9. The van der Waals surface area contributed by atoms with Crippen molar-refractivity contribution in [1.29, 1.82) is 0 Å². The third-order valence-corrected chi connectivity index (χ3v) is 5.49. The zero-order valence-corrected chi connectivity index (χ0v) is 16.6. The number of ketones is 1. The molecule has 7 heteroatoms. The van der Waals surface area contributed by atoms with Gasteiger partial charge in [0.1, 0.15) is 0 Å². The summed E-state index contributed by atoms with van der Waals surface area (Å²) in [5.74, 6) is -0.168. The molecule has 0 fully saturated rings. The SMILES string of the molecule is Cc1cc(C)nc(SCc2ccccc2C(=O)OCC(=O)c2cccs2)n1. The third kappa shape index (κ3) is 5.24. The number of aromatic nitrogens is 2. The molecule has 0 N–H and O–H groups in total.